The normalized spacial score (nSPS) is 17.9. The maximum atomic E-state index is 12.4. The summed E-state index contributed by atoms with van der Waals surface area (Å²) in [7, 11) is 5.01. The van der Waals surface area contributed by atoms with Gasteiger partial charge in [-0.15, -0.1) is 0 Å². The maximum Gasteiger partial charge on any atom is 0.414 e. The minimum Gasteiger partial charge on any atom is -0.496 e. The molecule has 5 rings (SSSR count). The summed E-state index contributed by atoms with van der Waals surface area (Å²) in [6.07, 6.45) is 8.85. The smallest absolute Gasteiger partial charge is 0.414 e. The van der Waals surface area contributed by atoms with Gasteiger partial charge in [0.1, 0.15) is 17.4 Å². The Balaban J connectivity index is 0.000000290. The Morgan fingerprint density at radius 2 is 1.31 bits per heavy atom. The summed E-state index contributed by atoms with van der Waals surface area (Å²) in [5, 5.41) is 15.5. The molecular weight excluding hydrogens is 730 g/mol. The number of aliphatic carboxylic acids is 2. The molecule has 2 aliphatic heterocycles. The number of para-hydroxylation sites is 1. The minimum absolute atomic E-state index is 0.268. The summed E-state index contributed by atoms with van der Waals surface area (Å²) in [5.41, 5.74) is -0.164. The Morgan fingerprint density at radius 3 is 1.78 bits per heavy atom. The van der Waals surface area contributed by atoms with Gasteiger partial charge in [0, 0.05) is 51.1 Å². The lowest BCUT2D eigenvalue weighted by Gasteiger charge is -2.39. The quantitative estimate of drug-likeness (QED) is 0.211. The summed E-state index contributed by atoms with van der Waals surface area (Å²) >= 11 is 3.24. The van der Waals surface area contributed by atoms with Crippen LogP contribution in [0, 0.1) is 19.8 Å². The van der Waals surface area contributed by atoms with Gasteiger partial charge in [0.05, 0.1) is 7.11 Å². The molecule has 2 saturated heterocycles. The van der Waals surface area contributed by atoms with E-state index in [1.54, 1.807) is 35.1 Å². The molecule has 0 amide bonds. The number of aromatic nitrogens is 6. The van der Waals surface area contributed by atoms with E-state index in [-0.39, 0.29) is 11.4 Å². The molecule has 2 N–H and O–H groups in total. The van der Waals surface area contributed by atoms with Crippen molar-refractivity contribution in [2.45, 2.75) is 90.4 Å². The van der Waals surface area contributed by atoms with Crippen molar-refractivity contribution in [1.82, 2.24) is 33.1 Å². The number of aryl methyl sites for hydroxylation is 3. The van der Waals surface area contributed by atoms with Crippen molar-refractivity contribution in [2.75, 3.05) is 19.0 Å². The van der Waals surface area contributed by atoms with Crippen LogP contribution in [0.5, 0.6) is 5.75 Å². The van der Waals surface area contributed by atoms with E-state index in [2.05, 4.69) is 42.9 Å². The first-order valence-electron chi connectivity index (χ1n) is 16.9. The molecule has 0 saturated carbocycles. The molecule has 1 aromatic carbocycles. The van der Waals surface area contributed by atoms with Crippen molar-refractivity contribution < 1.29 is 24.5 Å². The topological polar surface area (TPSA) is 201 Å². The van der Waals surface area contributed by atoms with Crippen LogP contribution in [-0.2, 0) is 43.2 Å². The van der Waals surface area contributed by atoms with Crippen molar-refractivity contribution in [2.24, 2.45) is 20.0 Å². The molecule has 16 nitrogen and oxygen atoms in total. The first-order valence-corrected chi connectivity index (χ1v) is 18.0. The van der Waals surface area contributed by atoms with Crippen LogP contribution in [0.15, 0.2) is 43.4 Å². The van der Waals surface area contributed by atoms with E-state index in [0.29, 0.717) is 36.8 Å². The number of hydrogen-bond acceptors (Lipinski definition) is 10. The molecule has 4 heterocycles. The van der Waals surface area contributed by atoms with Gasteiger partial charge in [-0.05, 0) is 82.8 Å². The number of carboxylic acid groups (broad SMARTS) is 2. The second kappa shape index (κ2) is 19.3. The molecule has 2 aliphatic rings. The molecule has 2 bridgehead atoms. The monoisotopic (exact) mass is 777 g/mol. The number of fused-ring (bicyclic) bond motifs is 2. The van der Waals surface area contributed by atoms with Gasteiger partial charge < -0.3 is 14.9 Å². The predicted molar refractivity (Wildman–Crippen MR) is 193 cm³/mol. The van der Waals surface area contributed by atoms with Crippen molar-refractivity contribution in [3.63, 3.8) is 0 Å². The number of piperidine rings is 1. The highest BCUT2D eigenvalue weighted by Gasteiger charge is 2.40. The Hall–Kier alpha value is -4.38. The van der Waals surface area contributed by atoms with Gasteiger partial charge in [-0.2, -0.15) is 9.97 Å². The van der Waals surface area contributed by atoms with Crippen LogP contribution < -0.4 is 27.5 Å². The van der Waals surface area contributed by atoms with Crippen LogP contribution in [-0.4, -0.2) is 86.4 Å². The van der Waals surface area contributed by atoms with E-state index < -0.39 is 23.3 Å². The zero-order chi connectivity index (χ0) is 37.8. The number of rotatable bonds is 11. The zero-order valence-corrected chi connectivity index (χ0v) is 31.4. The standard InChI is InChI=1S/C24H34N4O3.C8H12BrN3O2.C2H2O4/c1-17-25-23(29)28(24(30)26(17)2)14-6-13-27-20-11-12-21(27)16-18(15-20)9-10-19-7-4-5-8-22(19)31-3;1-6-10-7(13)12(5-3-4-9)8(14)11(6)2;3-1(4)2(5)6/h4-5,7-8,18,20-21H,6,9-16H2,1-3H3;3-5H2,1-2H3;(H,3,4)(H,5,6). The third-order valence-corrected chi connectivity index (χ3v) is 10.0. The van der Waals surface area contributed by atoms with Crippen molar-refractivity contribution >= 4 is 27.9 Å². The zero-order valence-electron chi connectivity index (χ0n) is 29.8. The summed E-state index contributed by atoms with van der Waals surface area (Å²) < 4.78 is 10.7. The van der Waals surface area contributed by atoms with E-state index in [0.717, 1.165) is 47.4 Å². The van der Waals surface area contributed by atoms with E-state index >= 15 is 0 Å². The number of alkyl halides is 1. The number of hydrogen-bond donors (Lipinski definition) is 2. The van der Waals surface area contributed by atoms with Gasteiger partial charge in [0.25, 0.3) is 0 Å². The lowest BCUT2D eigenvalue weighted by Crippen LogP contribution is -2.45. The highest BCUT2D eigenvalue weighted by Crippen LogP contribution is 2.40. The van der Waals surface area contributed by atoms with E-state index in [9.17, 15) is 19.2 Å². The first-order chi connectivity index (χ1) is 24.2. The number of carbonyl (C=O) groups is 2. The van der Waals surface area contributed by atoms with Gasteiger partial charge in [-0.25, -0.2) is 37.9 Å². The average Bonchev–Trinajstić information content (AvgIpc) is 3.33. The Labute approximate surface area is 303 Å². The highest BCUT2D eigenvalue weighted by atomic mass is 79.9. The second-order valence-corrected chi connectivity index (χ2v) is 13.5. The largest absolute Gasteiger partial charge is 0.496 e. The fourth-order valence-electron chi connectivity index (χ4n) is 6.62. The molecule has 17 heteroatoms. The summed E-state index contributed by atoms with van der Waals surface area (Å²) in [6, 6.07) is 9.61. The molecule has 0 radical (unpaired) electrons. The van der Waals surface area contributed by atoms with Crippen LogP contribution in [0.3, 0.4) is 0 Å². The first kappa shape index (κ1) is 41.0. The number of methoxy groups -OCH3 is 1. The lowest BCUT2D eigenvalue weighted by molar-refractivity contribution is -0.159. The Kier molecular flexibility index (Phi) is 15.5. The lowest BCUT2D eigenvalue weighted by atomic mass is 9.86. The second-order valence-electron chi connectivity index (χ2n) is 12.7. The molecular formula is C34H48BrN7O9. The van der Waals surface area contributed by atoms with E-state index in [1.165, 1.54) is 51.4 Å². The SMILES string of the molecule is COc1ccccc1CCC1CC2CCC(C1)N2CCCn1c(=O)nc(C)n(C)c1=O.Cc1nc(=O)n(CCCBr)c(=O)n1C.O=C(O)C(=O)O. The van der Waals surface area contributed by atoms with Gasteiger partial charge in [0.2, 0.25) is 0 Å². The molecule has 2 aromatic heterocycles. The van der Waals surface area contributed by atoms with Crippen LogP contribution in [0.4, 0.5) is 0 Å². The van der Waals surface area contributed by atoms with Crippen LogP contribution in [0.25, 0.3) is 0 Å². The number of ether oxygens (including phenoxy) is 1. The molecule has 2 atom stereocenters. The third kappa shape index (κ3) is 11.1. The number of halogens is 1. The van der Waals surface area contributed by atoms with Crippen molar-refractivity contribution in [3.8, 4) is 5.75 Å². The van der Waals surface area contributed by atoms with Crippen LogP contribution in [0.2, 0.25) is 0 Å². The van der Waals surface area contributed by atoms with E-state index in [4.69, 9.17) is 24.5 Å². The highest BCUT2D eigenvalue weighted by molar-refractivity contribution is 9.09. The predicted octanol–water partition coefficient (Wildman–Crippen LogP) is 1.72. The third-order valence-electron chi connectivity index (χ3n) is 9.48. The Morgan fingerprint density at radius 1 is 0.824 bits per heavy atom. The maximum absolute atomic E-state index is 12.4. The van der Waals surface area contributed by atoms with Crippen LogP contribution in [0.1, 0.15) is 62.2 Å². The molecule has 2 unspecified atom stereocenters. The molecule has 51 heavy (non-hydrogen) atoms. The molecule has 0 spiro atoms. The molecule has 0 aliphatic carbocycles. The molecule has 280 valence electrons. The summed E-state index contributed by atoms with van der Waals surface area (Å²) in [4.78, 5) is 76.0. The number of nitrogens with zero attached hydrogens (tertiary/aromatic N) is 7. The minimum atomic E-state index is -1.82. The van der Waals surface area contributed by atoms with Gasteiger partial charge in [-0.3, -0.25) is 14.0 Å². The summed E-state index contributed by atoms with van der Waals surface area (Å²) in [6.45, 7) is 5.11. The van der Waals surface area contributed by atoms with E-state index in [1.807, 2.05) is 12.1 Å². The average molecular weight is 779 g/mol. The van der Waals surface area contributed by atoms with Crippen molar-refractivity contribution in [1.29, 1.82) is 0 Å². The van der Waals surface area contributed by atoms with Crippen LogP contribution >= 0.6 is 15.9 Å². The van der Waals surface area contributed by atoms with Gasteiger partial charge in [-0.1, -0.05) is 34.1 Å². The number of carboxylic acids is 2. The number of benzene rings is 1. The fraction of sp³-hybridized carbons (Fsp3) is 0.588. The summed E-state index contributed by atoms with van der Waals surface area (Å²) in [5.74, 6) is -0.996. The van der Waals surface area contributed by atoms with Crippen molar-refractivity contribution in [3.05, 3.63) is 83.4 Å². The Bertz CT molecular complexity index is 1880. The molecule has 2 fully saturated rings. The molecule has 3 aromatic rings. The van der Waals surface area contributed by atoms with Gasteiger partial charge in [0.15, 0.2) is 0 Å². The van der Waals surface area contributed by atoms with Gasteiger partial charge >= 0.3 is 34.7 Å². The fourth-order valence-corrected chi connectivity index (χ4v) is 6.87.